The number of fused-ring (bicyclic) bond motifs is 1. The number of benzene rings is 3. The van der Waals surface area contributed by atoms with E-state index in [0.717, 1.165) is 32.2 Å². The van der Waals surface area contributed by atoms with Crippen molar-refractivity contribution in [1.29, 1.82) is 0 Å². The number of nitrogens with one attached hydrogen (secondary N) is 1. The highest BCUT2D eigenvalue weighted by Gasteiger charge is 2.14. The third-order valence-electron chi connectivity index (χ3n) is 4.54. The number of hydrogen-bond acceptors (Lipinski definition) is 2. The van der Waals surface area contributed by atoms with E-state index in [-0.39, 0.29) is 5.91 Å². The molecule has 3 aromatic carbocycles. The Kier molecular flexibility index (Phi) is 5.86. The van der Waals surface area contributed by atoms with E-state index in [1.807, 2.05) is 60.7 Å². The summed E-state index contributed by atoms with van der Waals surface area (Å²) in [6, 6.07) is 22.6. The molecule has 4 aromatic rings. The molecule has 29 heavy (non-hydrogen) atoms. The van der Waals surface area contributed by atoms with Crippen molar-refractivity contribution in [3.63, 3.8) is 0 Å². The molecule has 0 aliphatic rings. The zero-order valence-electron chi connectivity index (χ0n) is 15.1. The summed E-state index contributed by atoms with van der Waals surface area (Å²) in [6.07, 6.45) is 0. The number of pyridine rings is 1. The van der Waals surface area contributed by atoms with Gasteiger partial charge in [-0.15, -0.1) is 0 Å². The van der Waals surface area contributed by atoms with Crippen molar-refractivity contribution in [2.24, 2.45) is 0 Å². The molecule has 0 aliphatic carbocycles. The molecule has 1 heterocycles. The topological polar surface area (TPSA) is 42.0 Å². The molecule has 0 saturated carbocycles. The summed E-state index contributed by atoms with van der Waals surface area (Å²) in [5.41, 5.74) is 3.91. The Bertz CT molecular complexity index is 1210. The predicted octanol–water partition coefficient (Wildman–Crippen LogP) is 6.90. The lowest BCUT2D eigenvalue weighted by atomic mass is 10.0. The molecule has 1 N–H and O–H groups in total. The van der Waals surface area contributed by atoms with Gasteiger partial charge < -0.3 is 5.32 Å². The molecule has 1 aromatic heterocycles. The second-order valence-corrected chi connectivity index (χ2v) is 8.24. The fourth-order valence-electron chi connectivity index (χ4n) is 3.06. The maximum Gasteiger partial charge on any atom is 0.252 e. The number of para-hydroxylation sites is 1. The zero-order valence-corrected chi connectivity index (χ0v) is 18.2. The Hall–Kier alpha value is -2.40. The molecule has 0 aliphatic heterocycles. The summed E-state index contributed by atoms with van der Waals surface area (Å²) in [6.45, 7) is 0.347. The van der Waals surface area contributed by atoms with Gasteiger partial charge in [0.25, 0.3) is 5.91 Å². The fraction of sp³-hybridized carbons (Fsp3) is 0.0435. The summed E-state index contributed by atoms with van der Waals surface area (Å²) in [5, 5.41) is 4.72. The average Bonchev–Trinajstić information content (AvgIpc) is 2.74. The van der Waals surface area contributed by atoms with Gasteiger partial charge in [-0.05, 0) is 42.0 Å². The minimum Gasteiger partial charge on any atom is -0.348 e. The van der Waals surface area contributed by atoms with E-state index in [4.69, 9.17) is 28.2 Å². The number of amides is 1. The first-order valence-corrected chi connectivity index (χ1v) is 10.4. The quantitative estimate of drug-likeness (QED) is 0.341. The van der Waals surface area contributed by atoms with Crippen LogP contribution in [-0.4, -0.2) is 10.9 Å². The highest BCUT2D eigenvalue weighted by atomic mass is 79.9. The first-order valence-electron chi connectivity index (χ1n) is 8.89. The van der Waals surface area contributed by atoms with Crippen LogP contribution in [0.4, 0.5) is 0 Å². The van der Waals surface area contributed by atoms with Gasteiger partial charge in [-0.25, -0.2) is 4.98 Å². The van der Waals surface area contributed by atoms with Crippen molar-refractivity contribution < 1.29 is 4.79 Å². The van der Waals surface area contributed by atoms with Crippen LogP contribution in [0.25, 0.3) is 22.2 Å². The number of halogens is 3. The van der Waals surface area contributed by atoms with Gasteiger partial charge in [0.1, 0.15) is 0 Å². The molecule has 6 heteroatoms. The molecule has 0 unspecified atom stereocenters. The van der Waals surface area contributed by atoms with Gasteiger partial charge in [0.2, 0.25) is 0 Å². The maximum atomic E-state index is 13.0. The van der Waals surface area contributed by atoms with Crippen molar-refractivity contribution >= 4 is 55.9 Å². The Morgan fingerprint density at radius 3 is 2.45 bits per heavy atom. The van der Waals surface area contributed by atoms with Gasteiger partial charge >= 0.3 is 0 Å². The van der Waals surface area contributed by atoms with E-state index in [2.05, 4.69) is 21.2 Å². The number of hydrogen-bond donors (Lipinski definition) is 1. The van der Waals surface area contributed by atoms with E-state index >= 15 is 0 Å². The Labute approximate surface area is 186 Å². The Morgan fingerprint density at radius 1 is 0.931 bits per heavy atom. The molecule has 3 nitrogen and oxygen atoms in total. The molecule has 0 bridgehead atoms. The minimum atomic E-state index is -0.173. The summed E-state index contributed by atoms with van der Waals surface area (Å²) in [4.78, 5) is 17.7. The Balaban J connectivity index is 1.68. The van der Waals surface area contributed by atoms with Gasteiger partial charge in [-0.1, -0.05) is 75.5 Å². The van der Waals surface area contributed by atoms with Crippen LogP contribution >= 0.6 is 39.1 Å². The smallest absolute Gasteiger partial charge is 0.252 e. The average molecular weight is 486 g/mol. The highest BCUT2D eigenvalue weighted by Crippen LogP contribution is 2.26. The SMILES string of the molecule is O=C(NCc1ccc(Cl)c(Cl)c1)c1cc(-c2ccc(Br)cc2)nc2ccccc12. The molecule has 0 atom stereocenters. The first-order chi connectivity index (χ1) is 14.0. The lowest BCUT2D eigenvalue weighted by molar-refractivity contribution is 0.0952. The standard InChI is InChI=1S/C23H15BrCl2N2O/c24-16-8-6-15(7-9-16)22-12-18(17-3-1-2-4-21(17)28-22)23(29)27-13-14-5-10-19(25)20(26)11-14/h1-12H,13H2,(H,27,29). The Morgan fingerprint density at radius 2 is 1.69 bits per heavy atom. The molecule has 0 fully saturated rings. The summed E-state index contributed by atoms with van der Waals surface area (Å²) < 4.78 is 0.988. The number of nitrogens with zero attached hydrogens (tertiary/aromatic N) is 1. The summed E-state index contributed by atoms with van der Waals surface area (Å²) in [7, 11) is 0. The van der Waals surface area contributed by atoms with Gasteiger partial charge in [0.05, 0.1) is 26.8 Å². The number of aromatic nitrogens is 1. The van der Waals surface area contributed by atoms with E-state index in [1.54, 1.807) is 12.1 Å². The van der Waals surface area contributed by atoms with Gasteiger partial charge in [-0.2, -0.15) is 0 Å². The third kappa shape index (κ3) is 4.45. The van der Waals surface area contributed by atoms with Crippen molar-refractivity contribution in [1.82, 2.24) is 10.3 Å². The summed E-state index contributed by atoms with van der Waals surface area (Å²) in [5.74, 6) is -0.173. The molecule has 0 spiro atoms. The molecular weight excluding hydrogens is 471 g/mol. The lowest BCUT2D eigenvalue weighted by Crippen LogP contribution is -2.23. The van der Waals surface area contributed by atoms with Crippen molar-refractivity contribution in [3.8, 4) is 11.3 Å². The normalized spacial score (nSPS) is 10.9. The third-order valence-corrected chi connectivity index (χ3v) is 5.81. The number of rotatable bonds is 4. The second kappa shape index (κ2) is 8.54. The largest absolute Gasteiger partial charge is 0.348 e. The highest BCUT2D eigenvalue weighted by molar-refractivity contribution is 9.10. The second-order valence-electron chi connectivity index (χ2n) is 6.51. The fourth-order valence-corrected chi connectivity index (χ4v) is 3.64. The van der Waals surface area contributed by atoms with Crippen LogP contribution in [-0.2, 0) is 6.54 Å². The summed E-state index contributed by atoms with van der Waals surface area (Å²) >= 11 is 15.5. The van der Waals surface area contributed by atoms with Gasteiger partial charge in [-0.3, -0.25) is 4.79 Å². The van der Waals surface area contributed by atoms with E-state index in [1.165, 1.54) is 0 Å². The van der Waals surface area contributed by atoms with E-state index < -0.39 is 0 Å². The first kappa shape index (κ1) is 19.9. The van der Waals surface area contributed by atoms with Crippen LogP contribution in [0.3, 0.4) is 0 Å². The van der Waals surface area contributed by atoms with Crippen LogP contribution in [0.5, 0.6) is 0 Å². The van der Waals surface area contributed by atoms with Crippen LogP contribution in [0.15, 0.2) is 77.3 Å². The van der Waals surface area contributed by atoms with Crippen molar-refractivity contribution in [2.75, 3.05) is 0 Å². The van der Waals surface area contributed by atoms with E-state index in [0.29, 0.717) is 22.2 Å². The molecular formula is C23H15BrCl2N2O. The van der Waals surface area contributed by atoms with Crippen LogP contribution in [0, 0.1) is 0 Å². The molecule has 1 amide bonds. The van der Waals surface area contributed by atoms with Gasteiger partial charge in [0, 0.05) is 22.0 Å². The van der Waals surface area contributed by atoms with Crippen LogP contribution in [0.2, 0.25) is 10.0 Å². The molecule has 4 rings (SSSR count). The predicted molar refractivity (Wildman–Crippen MR) is 123 cm³/mol. The van der Waals surface area contributed by atoms with Crippen LogP contribution < -0.4 is 5.32 Å². The maximum absolute atomic E-state index is 13.0. The molecule has 0 radical (unpaired) electrons. The minimum absolute atomic E-state index is 0.173. The number of carbonyl (C=O) groups is 1. The monoisotopic (exact) mass is 484 g/mol. The molecule has 0 saturated heterocycles. The van der Waals surface area contributed by atoms with Crippen molar-refractivity contribution in [2.45, 2.75) is 6.54 Å². The zero-order chi connectivity index (χ0) is 20.4. The van der Waals surface area contributed by atoms with Crippen molar-refractivity contribution in [3.05, 3.63) is 98.4 Å². The molecule has 144 valence electrons. The van der Waals surface area contributed by atoms with Crippen LogP contribution in [0.1, 0.15) is 15.9 Å². The number of carbonyl (C=O) groups excluding carboxylic acids is 1. The van der Waals surface area contributed by atoms with E-state index in [9.17, 15) is 4.79 Å². The lowest BCUT2D eigenvalue weighted by Gasteiger charge is -2.11. The van der Waals surface area contributed by atoms with Gasteiger partial charge in [0.15, 0.2) is 0 Å².